The molecule has 3 amide bonds. The zero-order valence-corrected chi connectivity index (χ0v) is 21.1. The average molecular weight is 478 g/mol. The summed E-state index contributed by atoms with van der Waals surface area (Å²) in [4.78, 5) is 41.0. The molecule has 0 radical (unpaired) electrons. The Hall–Kier alpha value is -2.89. The van der Waals surface area contributed by atoms with E-state index in [-0.39, 0.29) is 42.0 Å². The Kier molecular flexibility index (Phi) is 8.42. The van der Waals surface area contributed by atoms with Crippen molar-refractivity contribution < 1.29 is 14.4 Å². The van der Waals surface area contributed by atoms with Gasteiger partial charge in [-0.15, -0.1) is 0 Å². The van der Waals surface area contributed by atoms with Gasteiger partial charge in [0.15, 0.2) is 0 Å². The van der Waals surface area contributed by atoms with Crippen molar-refractivity contribution in [3.8, 4) is 0 Å². The Balaban J connectivity index is 1.35. The van der Waals surface area contributed by atoms with E-state index in [4.69, 9.17) is 0 Å². The molecule has 0 bridgehead atoms. The number of hydrogen-bond acceptors (Lipinski definition) is 3. The first kappa shape index (κ1) is 25.2. The van der Waals surface area contributed by atoms with Gasteiger partial charge in [0, 0.05) is 19.1 Å². The van der Waals surface area contributed by atoms with Gasteiger partial charge in [-0.1, -0.05) is 75.6 Å². The zero-order valence-electron chi connectivity index (χ0n) is 21.1. The number of piperidine rings is 1. The lowest BCUT2D eigenvalue weighted by molar-refractivity contribution is -0.141. The number of benzene rings is 2. The number of hydrogen-bond donors (Lipinski definition) is 2. The van der Waals surface area contributed by atoms with E-state index >= 15 is 0 Å². The quantitative estimate of drug-likeness (QED) is 0.627. The molecule has 0 unspecified atom stereocenters. The lowest BCUT2D eigenvalue weighted by Crippen LogP contribution is -2.55. The van der Waals surface area contributed by atoms with Gasteiger partial charge in [0.1, 0.15) is 6.04 Å². The second-order valence-corrected chi connectivity index (χ2v) is 10.6. The molecule has 2 fully saturated rings. The van der Waals surface area contributed by atoms with Crippen LogP contribution in [0.3, 0.4) is 0 Å². The highest BCUT2D eigenvalue weighted by molar-refractivity contribution is 5.90. The van der Waals surface area contributed by atoms with Gasteiger partial charge in [0.05, 0.1) is 12.3 Å². The fraction of sp³-hybridized carbons (Fsp3) is 0.552. The van der Waals surface area contributed by atoms with Crippen molar-refractivity contribution in [1.82, 2.24) is 15.5 Å². The summed E-state index contributed by atoms with van der Waals surface area (Å²) < 4.78 is 0. The third-order valence-corrected chi connectivity index (χ3v) is 7.48. The molecule has 188 valence electrons. The van der Waals surface area contributed by atoms with Crippen molar-refractivity contribution in [2.24, 2.45) is 11.8 Å². The lowest BCUT2D eigenvalue weighted by Gasteiger charge is -2.36. The number of carbonyl (C=O) groups excluding carboxylic acids is 3. The number of amides is 3. The van der Waals surface area contributed by atoms with Gasteiger partial charge < -0.3 is 15.5 Å². The van der Waals surface area contributed by atoms with Crippen LogP contribution in [0.1, 0.15) is 64.4 Å². The standard InChI is InChI=1S/C29H39N3O3/c1-20(2)27(31-26(33)18-21-14-15-22-9-6-7-10-23(22)17-21)29(35)32-16-8-11-24(19-32)28(34)30-25-12-4-3-5-13-25/h6-7,9-10,14-15,17,20,24-25,27H,3-5,8,11-13,16,18-19H2,1-2H3,(H,30,34)(H,31,33)/t24-,27+/m1/s1. The predicted molar refractivity (Wildman–Crippen MR) is 139 cm³/mol. The molecule has 1 aliphatic heterocycles. The SMILES string of the molecule is CC(C)[C@H](NC(=O)Cc1ccc2ccccc2c1)C(=O)N1CCC[C@@H](C(=O)NC2CCCCC2)C1. The van der Waals surface area contributed by atoms with Crippen LogP contribution in [0.25, 0.3) is 10.8 Å². The third kappa shape index (κ3) is 6.62. The van der Waals surface area contributed by atoms with E-state index in [1.165, 1.54) is 19.3 Å². The zero-order chi connectivity index (χ0) is 24.8. The van der Waals surface area contributed by atoms with Crippen LogP contribution in [0.5, 0.6) is 0 Å². The Labute approximate surface area is 208 Å². The van der Waals surface area contributed by atoms with Crippen LogP contribution in [0.4, 0.5) is 0 Å². The second kappa shape index (κ2) is 11.7. The van der Waals surface area contributed by atoms with Crippen LogP contribution in [0.2, 0.25) is 0 Å². The topological polar surface area (TPSA) is 78.5 Å². The number of rotatable bonds is 7. The summed E-state index contributed by atoms with van der Waals surface area (Å²) in [5, 5.41) is 8.45. The van der Waals surface area contributed by atoms with Crippen LogP contribution < -0.4 is 10.6 Å². The lowest BCUT2D eigenvalue weighted by atomic mass is 9.92. The fourth-order valence-corrected chi connectivity index (χ4v) is 5.43. The molecule has 1 heterocycles. The van der Waals surface area contributed by atoms with Gasteiger partial charge in [-0.05, 0) is 47.9 Å². The summed E-state index contributed by atoms with van der Waals surface area (Å²) in [6, 6.07) is 13.8. The number of fused-ring (bicyclic) bond motifs is 1. The highest BCUT2D eigenvalue weighted by Crippen LogP contribution is 2.22. The van der Waals surface area contributed by atoms with Gasteiger partial charge >= 0.3 is 0 Å². The number of carbonyl (C=O) groups is 3. The van der Waals surface area contributed by atoms with E-state index in [9.17, 15) is 14.4 Å². The van der Waals surface area contributed by atoms with E-state index in [0.717, 1.165) is 42.0 Å². The third-order valence-electron chi connectivity index (χ3n) is 7.48. The normalized spacial score (nSPS) is 20.0. The number of likely N-dealkylation sites (tertiary alicyclic amines) is 1. The molecule has 6 heteroatoms. The van der Waals surface area contributed by atoms with Crippen molar-refractivity contribution in [2.45, 2.75) is 77.3 Å². The maximum absolute atomic E-state index is 13.4. The molecule has 2 aromatic rings. The van der Waals surface area contributed by atoms with Crippen molar-refractivity contribution >= 4 is 28.5 Å². The maximum Gasteiger partial charge on any atom is 0.245 e. The first-order valence-corrected chi connectivity index (χ1v) is 13.3. The van der Waals surface area contributed by atoms with E-state index < -0.39 is 6.04 Å². The molecule has 1 saturated carbocycles. The Morgan fingerprint density at radius 2 is 1.69 bits per heavy atom. The van der Waals surface area contributed by atoms with Crippen LogP contribution in [0.15, 0.2) is 42.5 Å². The smallest absolute Gasteiger partial charge is 0.245 e. The fourth-order valence-electron chi connectivity index (χ4n) is 5.43. The minimum Gasteiger partial charge on any atom is -0.353 e. The van der Waals surface area contributed by atoms with Crippen LogP contribution in [-0.2, 0) is 20.8 Å². The van der Waals surface area contributed by atoms with Crippen molar-refractivity contribution in [3.63, 3.8) is 0 Å². The molecule has 35 heavy (non-hydrogen) atoms. The van der Waals surface area contributed by atoms with Gasteiger partial charge in [-0.3, -0.25) is 14.4 Å². The van der Waals surface area contributed by atoms with Crippen LogP contribution >= 0.6 is 0 Å². The van der Waals surface area contributed by atoms with Crippen LogP contribution in [0, 0.1) is 11.8 Å². The molecule has 2 aromatic carbocycles. The molecule has 1 saturated heterocycles. The predicted octanol–water partition coefficient (Wildman–Crippen LogP) is 4.21. The van der Waals surface area contributed by atoms with Crippen molar-refractivity contribution in [1.29, 1.82) is 0 Å². The molecule has 2 atom stereocenters. The monoisotopic (exact) mass is 477 g/mol. The summed E-state index contributed by atoms with van der Waals surface area (Å²) in [6.45, 7) is 4.98. The Bertz CT molecular complexity index is 1040. The number of nitrogens with one attached hydrogen (secondary N) is 2. The summed E-state index contributed by atoms with van der Waals surface area (Å²) in [5.74, 6) is -0.371. The molecule has 6 nitrogen and oxygen atoms in total. The first-order valence-electron chi connectivity index (χ1n) is 13.3. The summed E-state index contributed by atoms with van der Waals surface area (Å²) >= 11 is 0. The van der Waals surface area contributed by atoms with Crippen molar-refractivity contribution in [2.75, 3.05) is 13.1 Å². The Morgan fingerprint density at radius 1 is 0.943 bits per heavy atom. The molecule has 2 aliphatic rings. The molecule has 2 N–H and O–H groups in total. The minimum atomic E-state index is -0.594. The average Bonchev–Trinajstić information content (AvgIpc) is 2.87. The van der Waals surface area contributed by atoms with Crippen LogP contribution in [-0.4, -0.2) is 47.8 Å². The maximum atomic E-state index is 13.4. The summed E-state index contributed by atoms with van der Waals surface area (Å²) in [6.07, 6.45) is 7.56. The molecular weight excluding hydrogens is 438 g/mol. The summed E-state index contributed by atoms with van der Waals surface area (Å²) in [7, 11) is 0. The van der Waals surface area contributed by atoms with Crippen molar-refractivity contribution in [3.05, 3.63) is 48.0 Å². The summed E-state index contributed by atoms with van der Waals surface area (Å²) in [5.41, 5.74) is 0.925. The molecule has 4 rings (SSSR count). The second-order valence-electron chi connectivity index (χ2n) is 10.6. The van der Waals surface area contributed by atoms with Gasteiger partial charge in [0.25, 0.3) is 0 Å². The first-order chi connectivity index (χ1) is 16.9. The molecular formula is C29H39N3O3. The Morgan fingerprint density at radius 3 is 2.43 bits per heavy atom. The van der Waals surface area contributed by atoms with E-state index in [1.54, 1.807) is 4.90 Å². The van der Waals surface area contributed by atoms with E-state index in [2.05, 4.69) is 10.6 Å². The molecule has 0 aromatic heterocycles. The number of nitrogens with zero attached hydrogens (tertiary/aromatic N) is 1. The van der Waals surface area contributed by atoms with Gasteiger partial charge in [0.2, 0.25) is 17.7 Å². The highest BCUT2D eigenvalue weighted by atomic mass is 16.2. The van der Waals surface area contributed by atoms with Gasteiger partial charge in [-0.25, -0.2) is 0 Å². The minimum absolute atomic E-state index is 0.0421. The van der Waals surface area contributed by atoms with E-state index in [1.807, 2.05) is 56.3 Å². The molecule has 1 aliphatic carbocycles. The highest BCUT2D eigenvalue weighted by Gasteiger charge is 2.34. The van der Waals surface area contributed by atoms with Gasteiger partial charge in [-0.2, -0.15) is 0 Å². The largest absolute Gasteiger partial charge is 0.353 e. The van der Waals surface area contributed by atoms with E-state index in [0.29, 0.717) is 13.1 Å². The molecule has 0 spiro atoms.